The first-order valence-electron chi connectivity index (χ1n) is 10.2. The predicted molar refractivity (Wildman–Crippen MR) is 114 cm³/mol. The summed E-state index contributed by atoms with van der Waals surface area (Å²) in [7, 11) is 3.85. The average Bonchev–Trinajstić information content (AvgIpc) is 3.14. The minimum Gasteiger partial charge on any atom is -0.493 e. The minimum absolute atomic E-state index is 0.129. The molecule has 0 radical (unpaired) electrons. The first-order chi connectivity index (χ1) is 14.0. The average molecular weight is 415 g/mol. The van der Waals surface area contributed by atoms with Crippen LogP contribution in [0.5, 0.6) is 11.5 Å². The van der Waals surface area contributed by atoms with E-state index in [9.17, 15) is 4.79 Å². The van der Waals surface area contributed by atoms with Crippen molar-refractivity contribution in [3.05, 3.63) is 57.6 Å². The Kier molecular flexibility index (Phi) is 5.70. The lowest BCUT2D eigenvalue weighted by atomic mass is 9.86. The molecule has 0 bridgehead atoms. The lowest BCUT2D eigenvalue weighted by Crippen LogP contribution is -2.29. The van der Waals surface area contributed by atoms with E-state index < -0.39 is 6.09 Å². The van der Waals surface area contributed by atoms with Gasteiger partial charge in [0.25, 0.3) is 0 Å². The van der Waals surface area contributed by atoms with Crippen molar-refractivity contribution in [3.63, 3.8) is 0 Å². The zero-order chi connectivity index (χ0) is 20.5. The molecule has 0 spiro atoms. The maximum absolute atomic E-state index is 12.3. The number of ether oxygens (including phenoxy) is 2. The highest BCUT2D eigenvalue weighted by Gasteiger charge is 2.29. The van der Waals surface area contributed by atoms with Gasteiger partial charge in [0.2, 0.25) is 0 Å². The highest BCUT2D eigenvalue weighted by Crippen LogP contribution is 2.42. The summed E-state index contributed by atoms with van der Waals surface area (Å²) in [5.41, 5.74) is 4.81. The number of nitrogens with zero attached hydrogens (tertiary/aromatic N) is 2. The van der Waals surface area contributed by atoms with Crippen LogP contribution in [0.25, 0.3) is 0 Å². The fourth-order valence-electron chi connectivity index (χ4n) is 4.12. The van der Waals surface area contributed by atoms with Crippen molar-refractivity contribution in [2.24, 2.45) is 0 Å². The van der Waals surface area contributed by atoms with Gasteiger partial charge in [-0.15, -0.1) is 0 Å². The number of rotatable bonds is 3. The smallest absolute Gasteiger partial charge is 0.415 e. The predicted octanol–water partition coefficient (Wildman–Crippen LogP) is 4.35. The van der Waals surface area contributed by atoms with Gasteiger partial charge >= 0.3 is 6.09 Å². The highest BCUT2D eigenvalue weighted by atomic mass is 35.5. The SMILES string of the molecule is CCN(C)C(=O)Oc1cc2c(cc1Cl)CCN(C)CC2c1cccc2c1OCC2. The van der Waals surface area contributed by atoms with E-state index in [2.05, 4.69) is 30.1 Å². The van der Waals surface area contributed by atoms with Gasteiger partial charge in [-0.05, 0) is 49.2 Å². The molecule has 0 fully saturated rings. The maximum atomic E-state index is 12.3. The van der Waals surface area contributed by atoms with E-state index in [1.54, 1.807) is 7.05 Å². The van der Waals surface area contributed by atoms with Crippen LogP contribution in [0.1, 0.15) is 35.1 Å². The van der Waals surface area contributed by atoms with Crippen LogP contribution in [0.15, 0.2) is 30.3 Å². The molecule has 0 N–H and O–H groups in total. The van der Waals surface area contributed by atoms with Gasteiger partial charge in [0.05, 0.1) is 11.6 Å². The third kappa shape index (κ3) is 3.94. The summed E-state index contributed by atoms with van der Waals surface area (Å²) >= 11 is 6.50. The molecule has 1 unspecified atom stereocenters. The topological polar surface area (TPSA) is 42.0 Å². The largest absolute Gasteiger partial charge is 0.493 e. The van der Waals surface area contributed by atoms with Gasteiger partial charge < -0.3 is 19.3 Å². The molecule has 0 saturated carbocycles. The molecule has 154 valence electrons. The molecule has 4 rings (SSSR count). The molecule has 2 aromatic carbocycles. The van der Waals surface area contributed by atoms with Crippen LogP contribution in [-0.2, 0) is 12.8 Å². The lowest BCUT2D eigenvalue weighted by Gasteiger charge is -2.24. The van der Waals surface area contributed by atoms with Crippen LogP contribution >= 0.6 is 11.6 Å². The third-order valence-corrected chi connectivity index (χ3v) is 6.23. The van der Waals surface area contributed by atoms with Crippen molar-refractivity contribution in [2.45, 2.75) is 25.7 Å². The molecule has 2 aliphatic heterocycles. The Morgan fingerprint density at radius 2 is 2.10 bits per heavy atom. The fourth-order valence-corrected chi connectivity index (χ4v) is 4.35. The highest BCUT2D eigenvalue weighted by molar-refractivity contribution is 6.32. The van der Waals surface area contributed by atoms with Crippen LogP contribution < -0.4 is 9.47 Å². The number of carbonyl (C=O) groups excluding carboxylic acids is 1. The second kappa shape index (κ2) is 8.25. The molecule has 2 aromatic rings. The number of fused-ring (bicyclic) bond motifs is 2. The van der Waals surface area contributed by atoms with Crippen LogP contribution in [0.4, 0.5) is 4.79 Å². The maximum Gasteiger partial charge on any atom is 0.415 e. The number of carbonyl (C=O) groups is 1. The summed E-state index contributed by atoms with van der Waals surface area (Å²) in [4.78, 5) is 16.2. The molecule has 29 heavy (non-hydrogen) atoms. The number of hydrogen-bond acceptors (Lipinski definition) is 4. The lowest BCUT2D eigenvalue weighted by molar-refractivity contribution is 0.165. The van der Waals surface area contributed by atoms with Crippen LogP contribution in [0.2, 0.25) is 5.02 Å². The Labute approximate surface area is 177 Å². The van der Waals surface area contributed by atoms with Gasteiger partial charge in [-0.25, -0.2) is 4.79 Å². The summed E-state index contributed by atoms with van der Waals surface area (Å²) in [6, 6.07) is 10.3. The first-order valence-corrected chi connectivity index (χ1v) is 10.5. The summed E-state index contributed by atoms with van der Waals surface area (Å²) in [6.07, 6.45) is 1.45. The molecule has 2 aliphatic rings. The Hall–Kier alpha value is -2.24. The van der Waals surface area contributed by atoms with Gasteiger partial charge in [-0.2, -0.15) is 0 Å². The number of halogens is 1. The van der Waals surface area contributed by atoms with Crippen molar-refractivity contribution in [3.8, 4) is 11.5 Å². The molecule has 0 aliphatic carbocycles. The molecule has 0 aromatic heterocycles. The van der Waals surface area contributed by atoms with Crippen LogP contribution in [0, 0.1) is 0 Å². The Balaban J connectivity index is 1.78. The minimum atomic E-state index is -0.402. The summed E-state index contributed by atoms with van der Waals surface area (Å²) in [6.45, 7) is 5.03. The molecule has 6 heteroatoms. The third-order valence-electron chi connectivity index (χ3n) is 5.93. The zero-order valence-corrected chi connectivity index (χ0v) is 18.0. The second-order valence-electron chi connectivity index (χ2n) is 7.86. The summed E-state index contributed by atoms with van der Waals surface area (Å²) < 4.78 is 11.6. The van der Waals surface area contributed by atoms with E-state index in [1.807, 2.05) is 19.1 Å². The molecule has 5 nitrogen and oxygen atoms in total. The summed E-state index contributed by atoms with van der Waals surface area (Å²) in [5, 5.41) is 0.472. The normalized spacial score (nSPS) is 18.4. The van der Waals surface area contributed by atoms with E-state index >= 15 is 0 Å². The molecule has 1 atom stereocenters. The van der Waals surface area contributed by atoms with Gasteiger partial charge in [0, 0.05) is 44.6 Å². The Morgan fingerprint density at radius 3 is 2.90 bits per heavy atom. The van der Waals surface area contributed by atoms with Crippen molar-refractivity contribution in [2.75, 3.05) is 40.3 Å². The van der Waals surface area contributed by atoms with E-state index in [0.717, 1.165) is 43.9 Å². The van der Waals surface area contributed by atoms with E-state index in [4.69, 9.17) is 21.1 Å². The fraction of sp³-hybridized carbons (Fsp3) is 0.435. The quantitative estimate of drug-likeness (QED) is 0.749. The molecule has 0 saturated heterocycles. The van der Waals surface area contributed by atoms with Crippen LogP contribution in [-0.4, -0.2) is 56.2 Å². The number of likely N-dealkylation sites (N-methyl/N-ethyl adjacent to an activating group) is 1. The van der Waals surface area contributed by atoms with Gasteiger partial charge in [0.1, 0.15) is 5.75 Å². The number of benzene rings is 2. The zero-order valence-electron chi connectivity index (χ0n) is 17.2. The molecule has 1 amide bonds. The van der Waals surface area contributed by atoms with E-state index in [-0.39, 0.29) is 5.92 Å². The van der Waals surface area contributed by atoms with Gasteiger partial charge in [-0.1, -0.05) is 29.8 Å². The Bertz CT molecular complexity index is 931. The van der Waals surface area contributed by atoms with Crippen molar-refractivity contribution in [1.29, 1.82) is 0 Å². The molecular formula is C23H27ClN2O3. The van der Waals surface area contributed by atoms with Crippen molar-refractivity contribution < 1.29 is 14.3 Å². The number of amides is 1. The summed E-state index contributed by atoms with van der Waals surface area (Å²) in [5.74, 6) is 1.56. The van der Waals surface area contributed by atoms with E-state index in [0.29, 0.717) is 17.3 Å². The standard InChI is InChI=1S/C23H27ClN2O3/c1-4-26(3)23(27)29-21-13-18-16(12-20(21)24)8-10-25(2)14-19(18)17-7-5-6-15-9-11-28-22(15)17/h5-7,12-13,19H,4,8-11,14H2,1-3H3. The molecular weight excluding hydrogens is 388 g/mol. The van der Waals surface area contributed by atoms with Gasteiger partial charge in [0.15, 0.2) is 5.75 Å². The van der Waals surface area contributed by atoms with Crippen molar-refractivity contribution in [1.82, 2.24) is 9.80 Å². The second-order valence-corrected chi connectivity index (χ2v) is 8.27. The number of para-hydroxylation sites is 1. The van der Waals surface area contributed by atoms with Gasteiger partial charge in [-0.3, -0.25) is 0 Å². The Morgan fingerprint density at radius 1 is 1.28 bits per heavy atom. The first kappa shape index (κ1) is 20.0. The monoisotopic (exact) mass is 414 g/mol. The van der Waals surface area contributed by atoms with Crippen molar-refractivity contribution >= 4 is 17.7 Å². The molecule has 2 heterocycles. The number of hydrogen-bond donors (Lipinski definition) is 0. The van der Waals surface area contributed by atoms with Crippen LogP contribution in [0.3, 0.4) is 0 Å². The van der Waals surface area contributed by atoms with E-state index in [1.165, 1.54) is 21.6 Å².